The fraction of sp³-hybridized carbons (Fsp3) is 0.118. The van der Waals surface area contributed by atoms with Gasteiger partial charge in [-0.15, -0.1) is 10.2 Å². The molecule has 3 aromatic rings. The third-order valence-electron chi connectivity index (χ3n) is 3.59. The first kappa shape index (κ1) is 16.1. The molecule has 0 atom stereocenters. The molecule has 124 valence electrons. The molecule has 0 radical (unpaired) electrons. The molecule has 0 unspecified atom stereocenters. The number of hydrogen-bond acceptors (Lipinski definition) is 7. The van der Waals surface area contributed by atoms with Crippen molar-refractivity contribution in [2.24, 2.45) is 0 Å². The Hall–Kier alpha value is -3.73. The molecule has 25 heavy (non-hydrogen) atoms. The van der Waals surface area contributed by atoms with E-state index in [9.17, 15) is 10.1 Å². The van der Waals surface area contributed by atoms with Gasteiger partial charge in [0.25, 0.3) is 5.69 Å². The van der Waals surface area contributed by atoms with Gasteiger partial charge in [0.1, 0.15) is 0 Å². The van der Waals surface area contributed by atoms with E-state index >= 15 is 0 Å². The third-order valence-corrected chi connectivity index (χ3v) is 3.59. The van der Waals surface area contributed by atoms with E-state index < -0.39 is 4.92 Å². The molecule has 1 N–H and O–H groups in total. The minimum absolute atomic E-state index is 0.0110. The van der Waals surface area contributed by atoms with Crippen LogP contribution in [0.25, 0.3) is 11.5 Å². The van der Waals surface area contributed by atoms with E-state index in [1.54, 1.807) is 30.3 Å². The van der Waals surface area contributed by atoms with Crippen molar-refractivity contribution in [3.8, 4) is 17.5 Å². The molecule has 1 aromatic heterocycles. The number of benzene rings is 2. The summed E-state index contributed by atoms with van der Waals surface area (Å²) in [6.45, 7) is 2.09. The van der Waals surface area contributed by atoms with Crippen LogP contribution in [0.3, 0.4) is 0 Å². The zero-order valence-corrected chi connectivity index (χ0v) is 13.3. The summed E-state index contributed by atoms with van der Waals surface area (Å²) in [5.41, 5.74) is 2.78. The molecule has 0 aliphatic heterocycles. The minimum Gasteiger partial charge on any atom is -0.419 e. The van der Waals surface area contributed by atoms with Crippen molar-refractivity contribution in [1.29, 1.82) is 5.26 Å². The lowest BCUT2D eigenvalue weighted by Gasteiger charge is -2.06. The third kappa shape index (κ3) is 3.61. The van der Waals surface area contributed by atoms with Crippen molar-refractivity contribution < 1.29 is 9.34 Å². The molecule has 3 rings (SSSR count). The molecule has 0 bridgehead atoms. The topological polar surface area (TPSA) is 118 Å². The molecule has 0 amide bonds. The highest BCUT2D eigenvalue weighted by Gasteiger charge is 2.11. The summed E-state index contributed by atoms with van der Waals surface area (Å²) in [4.78, 5) is 10.4. The van der Waals surface area contributed by atoms with Gasteiger partial charge in [-0.1, -0.05) is 6.07 Å². The first-order valence-electron chi connectivity index (χ1n) is 7.38. The predicted molar refractivity (Wildman–Crippen MR) is 89.6 cm³/mol. The Balaban J connectivity index is 1.73. The van der Waals surface area contributed by atoms with E-state index in [-0.39, 0.29) is 12.2 Å². The zero-order chi connectivity index (χ0) is 17.8. The summed E-state index contributed by atoms with van der Waals surface area (Å²) >= 11 is 0. The molecule has 8 heteroatoms. The highest BCUT2D eigenvalue weighted by molar-refractivity contribution is 5.57. The summed E-state index contributed by atoms with van der Waals surface area (Å²) in [5, 5.41) is 30.7. The summed E-state index contributed by atoms with van der Waals surface area (Å²) in [6.07, 6.45) is 0. The molecule has 0 saturated carbocycles. The van der Waals surface area contributed by atoms with Gasteiger partial charge >= 0.3 is 0 Å². The van der Waals surface area contributed by atoms with Gasteiger partial charge in [-0.3, -0.25) is 10.1 Å². The molecule has 0 saturated heterocycles. The van der Waals surface area contributed by atoms with E-state index in [4.69, 9.17) is 9.68 Å². The van der Waals surface area contributed by atoms with Crippen molar-refractivity contribution in [3.05, 3.63) is 69.6 Å². The van der Waals surface area contributed by atoms with E-state index in [2.05, 4.69) is 15.5 Å². The van der Waals surface area contributed by atoms with Crippen molar-refractivity contribution in [2.75, 3.05) is 5.32 Å². The lowest BCUT2D eigenvalue weighted by Crippen LogP contribution is -2.02. The summed E-state index contributed by atoms with van der Waals surface area (Å²) in [6, 6.07) is 13.4. The summed E-state index contributed by atoms with van der Waals surface area (Å²) in [5.74, 6) is 0.697. The zero-order valence-electron chi connectivity index (χ0n) is 13.3. The normalized spacial score (nSPS) is 10.2. The molecular formula is C17H13N5O3. The Morgan fingerprint density at radius 2 is 2.00 bits per heavy atom. The Kier molecular flexibility index (Phi) is 4.39. The van der Waals surface area contributed by atoms with Gasteiger partial charge in [0.05, 0.1) is 23.1 Å². The largest absolute Gasteiger partial charge is 0.419 e. The molecule has 2 aromatic carbocycles. The lowest BCUT2D eigenvalue weighted by molar-refractivity contribution is -0.384. The number of non-ortho nitro benzene ring substituents is 1. The fourth-order valence-electron chi connectivity index (χ4n) is 2.21. The van der Waals surface area contributed by atoms with Gasteiger partial charge in [0.2, 0.25) is 11.8 Å². The van der Waals surface area contributed by atoms with Gasteiger partial charge in [-0.25, -0.2) is 0 Å². The SMILES string of the molecule is Cc1ccc([N+](=O)[O-])cc1NCc1nnc(-c2ccc(C#N)cc2)o1. The minimum atomic E-state index is -0.444. The molecule has 0 spiro atoms. The fourth-order valence-corrected chi connectivity index (χ4v) is 2.21. The van der Waals surface area contributed by atoms with Gasteiger partial charge in [0.15, 0.2) is 0 Å². The first-order chi connectivity index (χ1) is 12.1. The Morgan fingerprint density at radius 1 is 1.24 bits per heavy atom. The van der Waals surface area contributed by atoms with Crippen LogP contribution in [0.5, 0.6) is 0 Å². The number of rotatable bonds is 5. The summed E-state index contributed by atoms with van der Waals surface area (Å²) < 4.78 is 5.58. The number of aryl methyl sites for hydroxylation is 1. The second kappa shape index (κ2) is 6.80. The monoisotopic (exact) mass is 335 g/mol. The van der Waals surface area contributed by atoms with Gasteiger partial charge in [-0.2, -0.15) is 5.26 Å². The Morgan fingerprint density at radius 3 is 2.68 bits per heavy atom. The lowest BCUT2D eigenvalue weighted by atomic mass is 10.1. The van der Waals surface area contributed by atoms with Crippen LogP contribution in [0.4, 0.5) is 11.4 Å². The number of nitrogens with one attached hydrogen (secondary N) is 1. The number of hydrogen-bond donors (Lipinski definition) is 1. The number of anilines is 1. The maximum absolute atomic E-state index is 10.9. The number of nitro benzene ring substituents is 1. The standard InChI is InChI=1S/C17H13N5O3/c1-11-2-7-14(22(23)24)8-15(11)19-10-16-20-21-17(25-16)13-5-3-12(9-18)4-6-13/h2-8,19H,10H2,1H3. The van der Waals surface area contributed by atoms with E-state index in [1.165, 1.54) is 12.1 Å². The van der Waals surface area contributed by atoms with E-state index in [1.807, 2.05) is 13.0 Å². The second-order valence-corrected chi connectivity index (χ2v) is 5.30. The number of nitro groups is 1. The Bertz CT molecular complexity index is 957. The van der Waals surface area contributed by atoms with Crippen molar-refractivity contribution in [1.82, 2.24) is 10.2 Å². The molecule has 1 heterocycles. The van der Waals surface area contributed by atoms with E-state index in [0.717, 1.165) is 5.56 Å². The van der Waals surface area contributed by atoms with Crippen LogP contribution >= 0.6 is 0 Å². The molecule has 0 fully saturated rings. The van der Waals surface area contributed by atoms with Crippen LogP contribution in [0, 0.1) is 28.4 Å². The predicted octanol–water partition coefficient (Wildman–Crippen LogP) is 3.44. The van der Waals surface area contributed by atoms with Gasteiger partial charge in [0, 0.05) is 23.4 Å². The van der Waals surface area contributed by atoms with Crippen molar-refractivity contribution in [2.45, 2.75) is 13.5 Å². The molecule has 0 aliphatic rings. The van der Waals surface area contributed by atoms with Gasteiger partial charge in [-0.05, 0) is 36.8 Å². The average molecular weight is 335 g/mol. The Labute approximate surface area is 142 Å². The highest BCUT2D eigenvalue weighted by atomic mass is 16.6. The van der Waals surface area contributed by atoms with Crippen LogP contribution in [-0.2, 0) is 6.54 Å². The van der Waals surface area contributed by atoms with Crippen LogP contribution in [0.15, 0.2) is 46.9 Å². The van der Waals surface area contributed by atoms with Crippen LogP contribution in [0.2, 0.25) is 0 Å². The molecular weight excluding hydrogens is 322 g/mol. The smallest absolute Gasteiger partial charge is 0.271 e. The van der Waals surface area contributed by atoms with Crippen LogP contribution in [-0.4, -0.2) is 15.1 Å². The summed E-state index contributed by atoms with van der Waals surface area (Å²) in [7, 11) is 0. The highest BCUT2D eigenvalue weighted by Crippen LogP contribution is 2.23. The molecule has 0 aliphatic carbocycles. The van der Waals surface area contributed by atoms with E-state index in [0.29, 0.717) is 28.6 Å². The molecule has 8 nitrogen and oxygen atoms in total. The maximum atomic E-state index is 10.9. The van der Waals surface area contributed by atoms with Crippen molar-refractivity contribution >= 4 is 11.4 Å². The van der Waals surface area contributed by atoms with Crippen LogP contribution < -0.4 is 5.32 Å². The van der Waals surface area contributed by atoms with Crippen LogP contribution in [0.1, 0.15) is 17.0 Å². The number of nitriles is 1. The first-order valence-corrected chi connectivity index (χ1v) is 7.38. The van der Waals surface area contributed by atoms with Crippen molar-refractivity contribution in [3.63, 3.8) is 0 Å². The quantitative estimate of drug-likeness (QED) is 0.560. The maximum Gasteiger partial charge on any atom is 0.271 e. The van der Waals surface area contributed by atoms with Gasteiger partial charge < -0.3 is 9.73 Å². The average Bonchev–Trinajstić information content (AvgIpc) is 3.10. The number of aromatic nitrogens is 2. The number of nitrogens with zero attached hydrogens (tertiary/aromatic N) is 4. The second-order valence-electron chi connectivity index (χ2n) is 5.30.